The van der Waals surface area contributed by atoms with Crippen LogP contribution in [0.25, 0.3) is 0 Å². The highest BCUT2D eigenvalue weighted by Crippen LogP contribution is 2.29. The van der Waals surface area contributed by atoms with Gasteiger partial charge in [0.15, 0.2) is 0 Å². The normalized spacial score (nSPS) is 20.5. The van der Waals surface area contributed by atoms with Crippen molar-refractivity contribution in [3.8, 4) is 0 Å². The number of unbranched alkanes of at least 4 members (excludes halogenated alkanes) is 3. The van der Waals surface area contributed by atoms with E-state index in [1.54, 1.807) is 0 Å². The third kappa shape index (κ3) is 7.38. The van der Waals surface area contributed by atoms with Crippen LogP contribution in [0, 0.1) is 5.41 Å². The largest absolute Gasteiger partial charge is 0.315 e. The van der Waals surface area contributed by atoms with Gasteiger partial charge in [0.05, 0.1) is 0 Å². The van der Waals surface area contributed by atoms with E-state index in [-0.39, 0.29) is 0 Å². The lowest BCUT2D eigenvalue weighted by molar-refractivity contribution is 0.131. The summed E-state index contributed by atoms with van der Waals surface area (Å²) in [6.07, 6.45) is 8.28. The van der Waals surface area contributed by atoms with Crippen LogP contribution in [0.3, 0.4) is 0 Å². The molecule has 1 N–H and O–H groups in total. The summed E-state index contributed by atoms with van der Waals surface area (Å²) in [6.45, 7) is 14.4. The third-order valence-electron chi connectivity index (χ3n) is 4.16. The molecular formula is C16H34N2. The number of rotatable bonds is 8. The molecule has 0 aromatic heterocycles. The maximum atomic E-state index is 3.48. The first-order valence-corrected chi connectivity index (χ1v) is 7.95. The minimum Gasteiger partial charge on any atom is -0.315 e. The average molecular weight is 254 g/mol. The number of piperidine rings is 1. The molecule has 1 heterocycles. The highest BCUT2D eigenvalue weighted by Gasteiger charge is 2.24. The van der Waals surface area contributed by atoms with Crippen molar-refractivity contribution in [1.82, 2.24) is 10.2 Å². The Labute approximate surface area is 115 Å². The zero-order valence-electron chi connectivity index (χ0n) is 13.1. The summed E-state index contributed by atoms with van der Waals surface area (Å²) in [6, 6.07) is 0.640. The summed E-state index contributed by atoms with van der Waals surface area (Å²) in [4.78, 5) is 2.66. The van der Waals surface area contributed by atoms with Gasteiger partial charge in [0.25, 0.3) is 0 Å². The lowest BCUT2D eigenvalue weighted by Gasteiger charge is -2.36. The number of likely N-dealkylation sites (tertiary alicyclic amines) is 1. The Balaban J connectivity index is 1.90. The summed E-state index contributed by atoms with van der Waals surface area (Å²) in [5.74, 6) is 0. The van der Waals surface area contributed by atoms with Crippen LogP contribution in [0.5, 0.6) is 0 Å². The number of hydrogen-bond donors (Lipinski definition) is 1. The first-order chi connectivity index (χ1) is 8.49. The van der Waals surface area contributed by atoms with Gasteiger partial charge in [0.1, 0.15) is 0 Å². The van der Waals surface area contributed by atoms with E-state index in [0.717, 1.165) is 0 Å². The molecule has 0 atom stereocenters. The molecule has 0 saturated carbocycles. The van der Waals surface area contributed by atoms with Crippen molar-refractivity contribution >= 4 is 0 Å². The van der Waals surface area contributed by atoms with Crippen LogP contribution in [0.1, 0.15) is 66.2 Å². The van der Waals surface area contributed by atoms with Gasteiger partial charge in [-0.1, -0.05) is 40.5 Å². The van der Waals surface area contributed by atoms with Crippen LogP contribution in [0.4, 0.5) is 0 Å². The van der Waals surface area contributed by atoms with Crippen molar-refractivity contribution in [3.63, 3.8) is 0 Å². The fraction of sp³-hybridized carbons (Fsp3) is 1.00. The molecule has 1 aliphatic rings. The van der Waals surface area contributed by atoms with E-state index in [1.165, 1.54) is 64.7 Å². The van der Waals surface area contributed by atoms with E-state index in [0.29, 0.717) is 11.5 Å². The van der Waals surface area contributed by atoms with Gasteiger partial charge in [-0.15, -0.1) is 0 Å². The maximum Gasteiger partial charge on any atom is 0.00103 e. The highest BCUT2D eigenvalue weighted by atomic mass is 15.1. The second-order valence-electron chi connectivity index (χ2n) is 7.03. The lowest BCUT2D eigenvalue weighted by Crippen LogP contribution is -2.37. The first kappa shape index (κ1) is 16.0. The van der Waals surface area contributed by atoms with Gasteiger partial charge in [0.2, 0.25) is 0 Å². The molecule has 0 aromatic carbocycles. The topological polar surface area (TPSA) is 15.3 Å². The van der Waals surface area contributed by atoms with E-state index in [4.69, 9.17) is 0 Å². The SMILES string of the molecule is CC(C)NCCCCCCN1CCC(C)(C)CC1. The minimum absolute atomic E-state index is 0.596. The Morgan fingerprint density at radius 2 is 1.61 bits per heavy atom. The number of nitrogens with zero attached hydrogens (tertiary/aromatic N) is 1. The molecule has 2 heteroatoms. The van der Waals surface area contributed by atoms with Crippen molar-refractivity contribution in [2.45, 2.75) is 72.3 Å². The fourth-order valence-electron chi connectivity index (χ4n) is 2.59. The Hall–Kier alpha value is -0.0800. The lowest BCUT2D eigenvalue weighted by atomic mass is 9.82. The quantitative estimate of drug-likeness (QED) is 0.665. The van der Waals surface area contributed by atoms with Crippen molar-refractivity contribution in [1.29, 1.82) is 0 Å². The zero-order chi connectivity index (χ0) is 13.4. The average Bonchev–Trinajstić information content (AvgIpc) is 2.29. The molecule has 0 radical (unpaired) electrons. The Bertz CT molecular complexity index is 201. The van der Waals surface area contributed by atoms with Crippen LogP contribution in [0.15, 0.2) is 0 Å². The van der Waals surface area contributed by atoms with E-state index in [9.17, 15) is 0 Å². The number of nitrogens with one attached hydrogen (secondary N) is 1. The molecule has 18 heavy (non-hydrogen) atoms. The van der Waals surface area contributed by atoms with Gasteiger partial charge in [-0.3, -0.25) is 0 Å². The highest BCUT2D eigenvalue weighted by molar-refractivity contribution is 4.78. The third-order valence-corrected chi connectivity index (χ3v) is 4.16. The molecule has 0 bridgehead atoms. The summed E-state index contributed by atoms with van der Waals surface area (Å²) in [5, 5.41) is 3.48. The van der Waals surface area contributed by atoms with E-state index in [1.807, 2.05) is 0 Å². The second-order valence-corrected chi connectivity index (χ2v) is 7.03. The Morgan fingerprint density at radius 1 is 1.00 bits per heavy atom. The van der Waals surface area contributed by atoms with Crippen molar-refractivity contribution in [2.75, 3.05) is 26.2 Å². The smallest absolute Gasteiger partial charge is 0.00103 e. The van der Waals surface area contributed by atoms with Gasteiger partial charge < -0.3 is 10.2 Å². The van der Waals surface area contributed by atoms with Gasteiger partial charge in [-0.05, 0) is 57.3 Å². The van der Waals surface area contributed by atoms with Crippen LogP contribution in [-0.2, 0) is 0 Å². The predicted octanol–water partition coefficient (Wildman–Crippen LogP) is 3.67. The zero-order valence-corrected chi connectivity index (χ0v) is 13.1. The summed E-state index contributed by atoms with van der Waals surface area (Å²) < 4.78 is 0. The van der Waals surface area contributed by atoms with E-state index >= 15 is 0 Å². The van der Waals surface area contributed by atoms with Crippen LogP contribution in [0.2, 0.25) is 0 Å². The minimum atomic E-state index is 0.596. The second kappa shape index (κ2) is 8.16. The fourth-order valence-corrected chi connectivity index (χ4v) is 2.59. The molecule has 2 nitrogen and oxygen atoms in total. The molecule has 0 aromatic rings. The predicted molar refractivity (Wildman–Crippen MR) is 81.1 cm³/mol. The van der Waals surface area contributed by atoms with Gasteiger partial charge in [-0.25, -0.2) is 0 Å². The summed E-state index contributed by atoms with van der Waals surface area (Å²) in [5.41, 5.74) is 0.596. The van der Waals surface area contributed by atoms with Crippen molar-refractivity contribution in [2.24, 2.45) is 5.41 Å². The van der Waals surface area contributed by atoms with E-state index in [2.05, 4.69) is 37.9 Å². The Kier molecular flexibility index (Phi) is 7.25. The van der Waals surface area contributed by atoms with Crippen molar-refractivity contribution in [3.05, 3.63) is 0 Å². The molecule has 0 amide bonds. The summed E-state index contributed by atoms with van der Waals surface area (Å²) in [7, 11) is 0. The van der Waals surface area contributed by atoms with Crippen LogP contribution < -0.4 is 5.32 Å². The van der Waals surface area contributed by atoms with E-state index < -0.39 is 0 Å². The monoisotopic (exact) mass is 254 g/mol. The molecular weight excluding hydrogens is 220 g/mol. The van der Waals surface area contributed by atoms with Crippen molar-refractivity contribution < 1.29 is 0 Å². The first-order valence-electron chi connectivity index (χ1n) is 7.95. The summed E-state index contributed by atoms with van der Waals surface area (Å²) >= 11 is 0. The van der Waals surface area contributed by atoms with Gasteiger partial charge in [0, 0.05) is 6.04 Å². The van der Waals surface area contributed by atoms with Gasteiger partial charge in [-0.2, -0.15) is 0 Å². The number of hydrogen-bond acceptors (Lipinski definition) is 2. The molecule has 1 rings (SSSR count). The molecule has 108 valence electrons. The molecule has 1 saturated heterocycles. The molecule has 0 aliphatic carbocycles. The van der Waals surface area contributed by atoms with Crippen LogP contribution >= 0.6 is 0 Å². The molecule has 1 fully saturated rings. The molecule has 1 aliphatic heterocycles. The standard InChI is InChI=1S/C16H34N2/c1-15(2)17-11-7-5-6-8-12-18-13-9-16(3,4)10-14-18/h15,17H,5-14H2,1-4H3. The van der Waals surface area contributed by atoms with Crippen LogP contribution in [-0.4, -0.2) is 37.1 Å². The Morgan fingerprint density at radius 3 is 2.22 bits per heavy atom. The molecule has 0 unspecified atom stereocenters. The maximum absolute atomic E-state index is 3.48. The van der Waals surface area contributed by atoms with Gasteiger partial charge >= 0.3 is 0 Å². The molecule has 0 spiro atoms.